The maximum atomic E-state index is 17.4. The summed E-state index contributed by atoms with van der Waals surface area (Å²) in [5.41, 5.74) is 1.33. The summed E-state index contributed by atoms with van der Waals surface area (Å²) in [6.07, 6.45) is 4.66. The third kappa shape index (κ3) is 8.83. The first kappa shape index (κ1) is 44.4. The van der Waals surface area contributed by atoms with Crippen LogP contribution in [0.1, 0.15) is 83.4 Å². The summed E-state index contributed by atoms with van der Waals surface area (Å²) in [5, 5.41) is 1.92. The zero-order valence-electron chi connectivity index (χ0n) is 35.9. The summed E-state index contributed by atoms with van der Waals surface area (Å²) < 4.78 is 108. The van der Waals surface area contributed by atoms with Crippen LogP contribution in [0.3, 0.4) is 0 Å². The van der Waals surface area contributed by atoms with Crippen molar-refractivity contribution in [3.63, 3.8) is 0 Å². The van der Waals surface area contributed by atoms with Crippen LogP contribution in [-0.2, 0) is 9.47 Å². The first-order valence-electron chi connectivity index (χ1n) is 20.9. The fraction of sp³-hybridized carbons (Fsp3) is 0.435. The van der Waals surface area contributed by atoms with Gasteiger partial charge in [-0.2, -0.15) is 9.97 Å². The second-order valence-electron chi connectivity index (χ2n) is 17.1. The van der Waals surface area contributed by atoms with Crippen molar-refractivity contribution in [2.24, 2.45) is 0 Å². The molecule has 5 heterocycles. The average Bonchev–Trinajstić information content (AvgIpc) is 3.87. The number of unbranched alkanes of at least 4 members (excludes halogenated alkanes) is 2. The van der Waals surface area contributed by atoms with Gasteiger partial charge in [-0.25, -0.2) is 23.0 Å². The molecule has 2 fully saturated rings. The number of hydrogen-bond acceptors (Lipinski definition) is 12. The molecule has 2 saturated heterocycles. The van der Waals surface area contributed by atoms with Crippen molar-refractivity contribution in [1.29, 1.82) is 0 Å². The number of methoxy groups -OCH3 is 1. The number of ether oxygens (including phenoxy) is 6. The molecule has 0 radical (unpaired) electrons. The number of pyridine rings is 1. The van der Waals surface area contributed by atoms with E-state index < -0.39 is 41.3 Å². The molecule has 5 aromatic rings. The largest absolute Gasteiger partial charge is 0.586 e. The number of carbonyl (C=O) groups excluding carboxylic acids is 1. The van der Waals surface area contributed by atoms with Crippen LogP contribution >= 0.6 is 0 Å². The van der Waals surface area contributed by atoms with Crippen LogP contribution in [0.15, 0.2) is 48.7 Å². The summed E-state index contributed by atoms with van der Waals surface area (Å²) in [6, 6.07) is 9.61. The topological polar surface area (TPSA) is 130 Å². The van der Waals surface area contributed by atoms with Crippen molar-refractivity contribution in [3.8, 4) is 46.9 Å². The number of hydrazine groups is 1. The van der Waals surface area contributed by atoms with E-state index in [2.05, 4.69) is 31.0 Å². The Morgan fingerprint density at radius 2 is 1.88 bits per heavy atom. The molecule has 8 rings (SSSR count). The van der Waals surface area contributed by atoms with Crippen molar-refractivity contribution >= 4 is 33.6 Å². The summed E-state index contributed by atoms with van der Waals surface area (Å²) in [5.74, 6) is 0.697. The Labute approximate surface area is 366 Å². The van der Waals surface area contributed by atoms with Crippen molar-refractivity contribution in [1.82, 2.24) is 24.9 Å². The first-order chi connectivity index (χ1) is 30.5. The molecule has 1 N–H and O–H groups in total. The highest BCUT2D eigenvalue weighted by Gasteiger charge is 2.54. The first-order valence-corrected chi connectivity index (χ1v) is 20.9. The summed E-state index contributed by atoms with van der Waals surface area (Å²) >= 11 is 0. The highest BCUT2D eigenvalue weighted by molar-refractivity contribution is 6.03. The van der Waals surface area contributed by atoms with Crippen LogP contribution in [0.5, 0.6) is 23.3 Å². The number of benzene rings is 3. The lowest BCUT2D eigenvalue weighted by Crippen LogP contribution is -2.44. The van der Waals surface area contributed by atoms with E-state index in [0.29, 0.717) is 30.2 Å². The monoisotopic (exact) mass is 890 g/mol. The lowest BCUT2D eigenvalue weighted by molar-refractivity contribution is -0.286. The van der Waals surface area contributed by atoms with E-state index >= 15 is 13.2 Å². The highest BCUT2D eigenvalue weighted by atomic mass is 19.3. The van der Waals surface area contributed by atoms with E-state index in [1.807, 2.05) is 11.8 Å². The molecule has 0 spiro atoms. The number of hydrogen-bond donors (Lipinski definition) is 1. The Morgan fingerprint density at radius 1 is 1.08 bits per heavy atom. The van der Waals surface area contributed by atoms with Gasteiger partial charge < -0.3 is 28.4 Å². The second-order valence-corrected chi connectivity index (χ2v) is 17.1. The van der Waals surface area contributed by atoms with Gasteiger partial charge in [0.15, 0.2) is 29.9 Å². The van der Waals surface area contributed by atoms with E-state index in [0.717, 1.165) is 12.8 Å². The lowest BCUT2D eigenvalue weighted by Gasteiger charge is -2.34. The van der Waals surface area contributed by atoms with E-state index in [1.165, 1.54) is 48.6 Å². The smallest absolute Gasteiger partial charge is 0.468 e. The van der Waals surface area contributed by atoms with Gasteiger partial charge in [0.05, 0.1) is 16.5 Å². The van der Waals surface area contributed by atoms with Crippen molar-refractivity contribution in [3.05, 3.63) is 71.4 Å². The minimum Gasteiger partial charge on any atom is -0.468 e. The molecule has 18 heteroatoms. The predicted molar refractivity (Wildman–Crippen MR) is 226 cm³/mol. The molecule has 3 aliphatic heterocycles. The molecular weight excluding hydrogens is 844 g/mol. The normalized spacial score (nSPS) is 20.0. The summed E-state index contributed by atoms with van der Waals surface area (Å²) in [4.78, 5) is 29.2. The van der Waals surface area contributed by atoms with Gasteiger partial charge in [0.25, 0.3) is 0 Å². The standard InChI is InChI=1S/C46H47F5N6O7/c1-7-9-10-17-57(43(58)64-44(3,4)5)55-41-32-22-52-39(31-20-29(61-25-59-6)18-27-11-13-33(48)30(8-2)37(27)31)38(49)40(32)53-42(54-41)60-24-45-16-15-34(56(45)23-28(47)21-45)26-12-14-35-36(19-26)63-46(50,51)62-35/h2,11-14,18-20,22,28,34H,7,9-10,15-17,21,23-25H2,1,3-6H3,(H,53,54,55)/t28-,34-,45+/m1/s1. The summed E-state index contributed by atoms with van der Waals surface area (Å²) in [7, 11) is 1.44. The van der Waals surface area contributed by atoms with Crippen LogP contribution in [-0.4, -0.2) is 88.2 Å². The zero-order chi connectivity index (χ0) is 45.6. The Kier molecular flexibility index (Phi) is 12.1. The van der Waals surface area contributed by atoms with Gasteiger partial charge in [0, 0.05) is 49.8 Å². The van der Waals surface area contributed by atoms with E-state index in [4.69, 9.17) is 30.1 Å². The third-order valence-electron chi connectivity index (χ3n) is 11.4. The summed E-state index contributed by atoms with van der Waals surface area (Å²) in [6.45, 7) is 7.14. The van der Waals surface area contributed by atoms with Gasteiger partial charge in [-0.1, -0.05) is 37.8 Å². The van der Waals surface area contributed by atoms with Crippen molar-refractivity contribution < 1.29 is 55.2 Å². The number of amides is 1. The van der Waals surface area contributed by atoms with Crippen LogP contribution in [0.4, 0.5) is 32.6 Å². The maximum absolute atomic E-state index is 17.4. The van der Waals surface area contributed by atoms with Crippen LogP contribution in [0.2, 0.25) is 0 Å². The van der Waals surface area contributed by atoms with Crippen molar-refractivity contribution in [2.45, 2.75) is 95.9 Å². The number of fused-ring (bicyclic) bond motifs is 4. The molecular formula is C46H47F5N6O7. The maximum Gasteiger partial charge on any atom is 0.586 e. The van der Waals surface area contributed by atoms with E-state index in [-0.39, 0.29) is 101 Å². The van der Waals surface area contributed by atoms with E-state index in [1.54, 1.807) is 32.9 Å². The number of anilines is 1. The van der Waals surface area contributed by atoms with Crippen LogP contribution in [0, 0.1) is 24.0 Å². The molecule has 3 aromatic carbocycles. The molecule has 3 atom stereocenters. The van der Waals surface area contributed by atoms with Gasteiger partial charge in [-0.3, -0.25) is 15.3 Å². The number of rotatable bonds is 14. The number of aromatic nitrogens is 3. The second kappa shape index (κ2) is 17.4. The lowest BCUT2D eigenvalue weighted by atomic mass is 9.94. The highest BCUT2D eigenvalue weighted by Crippen LogP contribution is 2.52. The van der Waals surface area contributed by atoms with Gasteiger partial charge in [0.2, 0.25) is 0 Å². The minimum atomic E-state index is -3.80. The number of terminal acetylenes is 1. The zero-order valence-corrected chi connectivity index (χ0v) is 35.9. The molecule has 1 amide bonds. The molecule has 0 aliphatic carbocycles. The Morgan fingerprint density at radius 3 is 2.62 bits per heavy atom. The van der Waals surface area contributed by atoms with Crippen molar-refractivity contribution in [2.75, 3.05) is 39.0 Å². The molecule has 0 unspecified atom stereocenters. The predicted octanol–water partition coefficient (Wildman–Crippen LogP) is 9.86. The number of halogens is 5. The minimum absolute atomic E-state index is 0.0393. The molecule has 0 bridgehead atoms. The molecule has 338 valence electrons. The van der Waals surface area contributed by atoms with Crippen LogP contribution in [0.25, 0.3) is 32.9 Å². The van der Waals surface area contributed by atoms with E-state index in [9.17, 15) is 13.6 Å². The molecule has 13 nitrogen and oxygen atoms in total. The van der Waals surface area contributed by atoms with Gasteiger partial charge in [-0.15, -0.1) is 15.2 Å². The van der Waals surface area contributed by atoms with Gasteiger partial charge >= 0.3 is 18.4 Å². The van der Waals surface area contributed by atoms with Crippen LogP contribution < -0.4 is 24.4 Å². The SMILES string of the molecule is C#Cc1c(F)ccc2cc(OCOC)cc(-c3ncc4c(NN(CCCCC)C(=O)OC(C)(C)C)nc(OC[C@@]56CC[C@H](c7ccc8c(c7)OC(F)(F)O8)N5C[C@H](F)C6)nc4c3F)c12. The number of nitrogens with one attached hydrogen (secondary N) is 1. The fourth-order valence-corrected chi connectivity index (χ4v) is 8.68. The number of nitrogens with zero attached hydrogens (tertiary/aromatic N) is 5. The molecule has 0 saturated carbocycles. The Balaban J connectivity index is 1.21. The Hall–Kier alpha value is -6.19. The number of carbonyl (C=O) groups is 1. The average molecular weight is 891 g/mol. The Bertz CT molecular complexity index is 2640. The number of alkyl halides is 3. The molecule has 3 aliphatic rings. The molecule has 2 aromatic heterocycles. The van der Waals surface area contributed by atoms with Gasteiger partial charge in [-0.05, 0) is 81.3 Å². The third-order valence-corrected chi connectivity index (χ3v) is 11.4. The molecule has 64 heavy (non-hydrogen) atoms. The quantitative estimate of drug-likeness (QED) is 0.0375. The van der Waals surface area contributed by atoms with Gasteiger partial charge in [0.1, 0.15) is 41.2 Å². The fourth-order valence-electron chi connectivity index (χ4n) is 8.68.